The topological polar surface area (TPSA) is 63.4 Å². The predicted molar refractivity (Wildman–Crippen MR) is 110 cm³/mol. The van der Waals surface area contributed by atoms with Crippen molar-refractivity contribution in [2.24, 2.45) is 0 Å². The van der Waals surface area contributed by atoms with Gasteiger partial charge in [0.1, 0.15) is 5.76 Å². The SMILES string of the molecule is Cc1ccccc1CN1CCC2(COCc3cnc(NCc4ccco4)nc32)C1. The lowest BCUT2D eigenvalue weighted by molar-refractivity contribution is 0.0503. The number of nitrogens with one attached hydrogen (secondary N) is 1. The number of anilines is 1. The third-order valence-electron chi connectivity index (χ3n) is 6.09. The molecule has 5 rings (SSSR count). The number of benzene rings is 1. The zero-order valence-electron chi connectivity index (χ0n) is 16.7. The van der Waals surface area contributed by atoms with Crippen molar-refractivity contribution in [2.75, 3.05) is 25.0 Å². The van der Waals surface area contributed by atoms with E-state index < -0.39 is 0 Å². The molecule has 1 atom stereocenters. The summed E-state index contributed by atoms with van der Waals surface area (Å²) in [5.74, 6) is 1.52. The van der Waals surface area contributed by atoms with Crippen molar-refractivity contribution in [3.63, 3.8) is 0 Å². The van der Waals surface area contributed by atoms with Crippen LogP contribution in [0.5, 0.6) is 0 Å². The summed E-state index contributed by atoms with van der Waals surface area (Å²) in [6.45, 7) is 7.06. The zero-order valence-corrected chi connectivity index (χ0v) is 16.7. The van der Waals surface area contributed by atoms with Crippen LogP contribution in [-0.2, 0) is 29.8 Å². The molecule has 1 N–H and O–H groups in total. The molecule has 0 aliphatic carbocycles. The smallest absolute Gasteiger partial charge is 0.223 e. The van der Waals surface area contributed by atoms with Gasteiger partial charge in [0, 0.05) is 24.8 Å². The summed E-state index contributed by atoms with van der Waals surface area (Å²) >= 11 is 0. The lowest BCUT2D eigenvalue weighted by atomic mass is 9.80. The number of rotatable bonds is 5. The largest absolute Gasteiger partial charge is 0.467 e. The quantitative estimate of drug-likeness (QED) is 0.717. The number of aryl methyl sites for hydroxylation is 1. The number of fused-ring (bicyclic) bond motifs is 2. The average Bonchev–Trinajstić information content (AvgIpc) is 3.40. The molecule has 0 bridgehead atoms. The third kappa shape index (κ3) is 3.66. The van der Waals surface area contributed by atoms with Gasteiger partial charge in [0.15, 0.2) is 0 Å². The summed E-state index contributed by atoms with van der Waals surface area (Å²) in [6.07, 6.45) is 4.65. The van der Waals surface area contributed by atoms with E-state index in [1.807, 2.05) is 18.3 Å². The lowest BCUT2D eigenvalue weighted by Gasteiger charge is -2.34. The minimum atomic E-state index is -0.0552. The van der Waals surface area contributed by atoms with Crippen molar-refractivity contribution in [1.29, 1.82) is 0 Å². The number of hydrogen-bond acceptors (Lipinski definition) is 6. The Bertz CT molecular complexity index is 988. The Hall–Kier alpha value is -2.70. The molecular formula is C23H26N4O2. The van der Waals surface area contributed by atoms with Gasteiger partial charge in [-0.1, -0.05) is 24.3 Å². The van der Waals surface area contributed by atoms with E-state index in [-0.39, 0.29) is 5.41 Å². The van der Waals surface area contributed by atoms with Gasteiger partial charge in [-0.25, -0.2) is 9.97 Å². The van der Waals surface area contributed by atoms with E-state index in [0.29, 0.717) is 19.1 Å². The van der Waals surface area contributed by atoms with Crippen LogP contribution in [0.2, 0.25) is 0 Å². The van der Waals surface area contributed by atoms with Gasteiger partial charge in [-0.2, -0.15) is 0 Å². The molecule has 1 aromatic carbocycles. The molecular weight excluding hydrogens is 364 g/mol. The van der Waals surface area contributed by atoms with Crippen LogP contribution in [-0.4, -0.2) is 34.6 Å². The van der Waals surface area contributed by atoms with E-state index in [1.165, 1.54) is 11.1 Å². The zero-order chi connectivity index (χ0) is 19.7. The Morgan fingerprint density at radius 1 is 1.21 bits per heavy atom. The highest BCUT2D eigenvalue weighted by Crippen LogP contribution is 2.39. The minimum Gasteiger partial charge on any atom is -0.467 e. The molecule has 1 fully saturated rings. The van der Waals surface area contributed by atoms with Gasteiger partial charge >= 0.3 is 0 Å². The van der Waals surface area contributed by atoms with Gasteiger partial charge in [0.05, 0.1) is 37.1 Å². The van der Waals surface area contributed by atoms with Crippen molar-refractivity contribution in [1.82, 2.24) is 14.9 Å². The molecule has 4 heterocycles. The highest BCUT2D eigenvalue weighted by molar-refractivity contribution is 5.37. The summed E-state index contributed by atoms with van der Waals surface area (Å²) in [4.78, 5) is 12.0. The number of ether oxygens (including phenoxy) is 1. The standard InChI is InChI=1S/C23H26N4O2/c1-17-5-2-3-6-18(17)13-27-9-8-23(15-27)16-28-14-19-11-24-22(26-21(19)23)25-12-20-7-4-10-29-20/h2-7,10-11H,8-9,12-16H2,1H3,(H,24,25,26). The molecule has 6 nitrogen and oxygen atoms in total. The molecule has 3 aromatic rings. The first-order valence-electron chi connectivity index (χ1n) is 10.2. The highest BCUT2D eigenvalue weighted by atomic mass is 16.5. The molecule has 1 unspecified atom stereocenters. The van der Waals surface area contributed by atoms with Crippen LogP contribution < -0.4 is 5.32 Å². The average molecular weight is 390 g/mol. The monoisotopic (exact) mass is 390 g/mol. The highest BCUT2D eigenvalue weighted by Gasteiger charge is 2.44. The van der Waals surface area contributed by atoms with Crippen molar-refractivity contribution >= 4 is 5.95 Å². The van der Waals surface area contributed by atoms with Crippen LogP contribution in [0.4, 0.5) is 5.95 Å². The second kappa shape index (κ2) is 7.61. The summed E-state index contributed by atoms with van der Waals surface area (Å²) < 4.78 is 11.4. The molecule has 150 valence electrons. The van der Waals surface area contributed by atoms with E-state index in [4.69, 9.17) is 14.1 Å². The van der Waals surface area contributed by atoms with Gasteiger partial charge in [0.25, 0.3) is 0 Å². The normalized spacial score (nSPS) is 21.4. The Morgan fingerprint density at radius 3 is 3.00 bits per heavy atom. The molecule has 2 aliphatic rings. The van der Waals surface area contributed by atoms with Gasteiger partial charge < -0.3 is 14.5 Å². The van der Waals surface area contributed by atoms with Gasteiger partial charge in [-0.05, 0) is 43.1 Å². The number of aromatic nitrogens is 2. The molecule has 2 aromatic heterocycles. The molecule has 0 saturated carbocycles. The van der Waals surface area contributed by atoms with E-state index in [1.54, 1.807) is 6.26 Å². The maximum absolute atomic E-state index is 5.97. The Morgan fingerprint density at radius 2 is 2.14 bits per heavy atom. The van der Waals surface area contributed by atoms with Crippen LogP contribution in [0.25, 0.3) is 0 Å². The van der Waals surface area contributed by atoms with Crippen molar-refractivity contribution in [2.45, 2.75) is 38.5 Å². The van der Waals surface area contributed by atoms with E-state index in [9.17, 15) is 0 Å². The van der Waals surface area contributed by atoms with E-state index in [0.717, 1.165) is 49.7 Å². The summed E-state index contributed by atoms with van der Waals surface area (Å²) in [5.41, 5.74) is 4.94. The fourth-order valence-electron chi connectivity index (χ4n) is 4.49. The second-order valence-electron chi connectivity index (χ2n) is 8.16. The minimum absolute atomic E-state index is 0.0552. The summed E-state index contributed by atoms with van der Waals surface area (Å²) in [6, 6.07) is 12.5. The second-order valence-corrected chi connectivity index (χ2v) is 8.16. The van der Waals surface area contributed by atoms with Crippen molar-refractivity contribution in [3.05, 3.63) is 77.0 Å². The fourth-order valence-corrected chi connectivity index (χ4v) is 4.49. The molecule has 6 heteroatoms. The maximum atomic E-state index is 5.97. The van der Waals surface area contributed by atoms with E-state index in [2.05, 4.69) is 46.4 Å². The molecule has 0 amide bonds. The van der Waals surface area contributed by atoms with Gasteiger partial charge in [-0.3, -0.25) is 4.90 Å². The first kappa shape index (κ1) is 18.3. The van der Waals surface area contributed by atoms with Crippen LogP contribution in [0, 0.1) is 6.92 Å². The Labute approximate surface area is 170 Å². The summed E-state index contributed by atoms with van der Waals surface area (Å²) in [5, 5.41) is 3.29. The van der Waals surface area contributed by atoms with Crippen molar-refractivity contribution in [3.8, 4) is 0 Å². The maximum Gasteiger partial charge on any atom is 0.223 e. The predicted octanol–water partition coefficient (Wildman–Crippen LogP) is 3.66. The number of hydrogen-bond donors (Lipinski definition) is 1. The number of likely N-dealkylation sites (tertiary alicyclic amines) is 1. The molecule has 1 spiro atoms. The lowest BCUT2D eigenvalue weighted by Crippen LogP contribution is -2.40. The van der Waals surface area contributed by atoms with Gasteiger partial charge in [0.2, 0.25) is 5.95 Å². The first-order valence-corrected chi connectivity index (χ1v) is 10.2. The molecule has 0 radical (unpaired) electrons. The van der Waals surface area contributed by atoms with Crippen molar-refractivity contribution < 1.29 is 9.15 Å². The Balaban J connectivity index is 1.35. The summed E-state index contributed by atoms with van der Waals surface area (Å²) in [7, 11) is 0. The molecule has 1 saturated heterocycles. The molecule has 2 aliphatic heterocycles. The third-order valence-corrected chi connectivity index (χ3v) is 6.09. The van der Waals surface area contributed by atoms with Gasteiger partial charge in [-0.15, -0.1) is 0 Å². The van der Waals surface area contributed by atoms with Crippen LogP contribution in [0.1, 0.15) is 34.6 Å². The first-order chi connectivity index (χ1) is 14.2. The fraction of sp³-hybridized carbons (Fsp3) is 0.391. The number of furan rings is 1. The van der Waals surface area contributed by atoms with Crippen LogP contribution in [0.15, 0.2) is 53.3 Å². The van der Waals surface area contributed by atoms with E-state index >= 15 is 0 Å². The van der Waals surface area contributed by atoms with Crippen LogP contribution in [0.3, 0.4) is 0 Å². The molecule has 29 heavy (non-hydrogen) atoms. The Kier molecular flexibility index (Phi) is 4.81. The number of nitrogens with zero attached hydrogens (tertiary/aromatic N) is 3. The van der Waals surface area contributed by atoms with Crippen LogP contribution >= 0.6 is 0 Å².